The maximum atomic E-state index is 4.36. The minimum atomic E-state index is 0. The SMILES string of the molecule is CCN(CC)CCCC(C)NC(=NC)NCC(C)N(C)C1CC1.I. The van der Waals surface area contributed by atoms with Gasteiger partial charge in [0, 0.05) is 31.7 Å². The number of guanidine groups is 1. The number of halogens is 1. The molecule has 1 saturated carbocycles. The van der Waals surface area contributed by atoms with E-state index in [-0.39, 0.29) is 24.0 Å². The second-order valence-corrected chi connectivity index (χ2v) is 6.91. The predicted octanol–water partition coefficient (Wildman–Crippen LogP) is 2.76. The molecular formula is C18H40IN5. The molecule has 0 aliphatic heterocycles. The van der Waals surface area contributed by atoms with Gasteiger partial charge in [0.25, 0.3) is 0 Å². The minimum absolute atomic E-state index is 0. The zero-order valence-corrected chi connectivity index (χ0v) is 19.0. The molecule has 2 unspecified atom stereocenters. The van der Waals surface area contributed by atoms with Gasteiger partial charge >= 0.3 is 0 Å². The first kappa shape index (κ1) is 23.9. The number of nitrogens with one attached hydrogen (secondary N) is 2. The largest absolute Gasteiger partial charge is 0.355 e. The highest BCUT2D eigenvalue weighted by Gasteiger charge is 2.28. The van der Waals surface area contributed by atoms with Gasteiger partial charge in [-0.05, 0) is 66.2 Å². The lowest BCUT2D eigenvalue weighted by Gasteiger charge is -2.26. The summed E-state index contributed by atoms with van der Waals surface area (Å²) in [5.74, 6) is 0.927. The van der Waals surface area contributed by atoms with E-state index in [0.29, 0.717) is 12.1 Å². The van der Waals surface area contributed by atoms with E-state index >= 15 is 0 Å². The lowest BCUT2D eigenvalue weighted by atomic mass is 10.2. The van der Waals surface area contributed by atoms with Crippen molar-refractivity contribution in [3.63, 3.8) is 0 Å². The van der Waals surface area contributed by atoms with Crippen LogP contribution in [-0.2, 0) is 0 Å². The third kappa shape index (κ3) is 9.42. The zero-order valence-electron chi connectivity index (χ0n) is 16.6. The van der Waals surface area contributed by atoms with E-state index in [1.165, 1.54) is 32.2 Å². The van der Waals surface area contributed by atoms with Crippen LogP contribution in [0.1, 0.15) is 53.4 Å². The van der Waals surface area contributed by atoms with Gasteiger partial charge in [-0.15, -0.1) is 24.0 Å². The maximum Gasteiger partial charge on any atom is 0.191 e. The first-order valence-electron chi connectivity index (χ1n) is 9.43. The number of hydrogen-bond acceptors (Lipinski definition) is 3. The van der Waals surface area contributed by atoms with Gasteiger partial charge in [0.1, 0.15) is 0 Å². The van der Waals surface area contributed by atoms with Crippen molar-refractivity contribution in [3.8, 4) is 0 Å². The Morgan fingerprint density at radius 1 is 1.21 bits per heavy atom. The van der Waals surface area contributed by atoms with Crippen molar-refractivity contribution in [2.45, 2.75) is 71.5 Å². The Hall–Kier alpha value is -0.0800. The number of likely N-dealkylation sites (N-methyl/N-ethyl adjacent to an activating group) is 1. The Morgan fingerprint density at radius 3 is 2.33 bits per heavy atom. The summed E-state index contributed by atoms with van der Waals surface area (Å²) in [4.78, 5) is 9.32. The van der Waals surface area contributed by atoms with Crippen LogP contribution >= 0.6 is 24.0 Å². The Balaban J connectivity index is 0.00000529. The molecule has 1 rings (SSSR count). The third-order valence-corrected chi connectivity index (χ3v) is 5.00. The minimum Gasteiger partial charge on any atom is -0.355 e. The number of rotatable bonds is 11. The second-order valence-electron chi connectivity index (χ2n) is 6.91. The molecule has 1 fully saturated rings. The van der Waals surface area contributed by atoms with Crippen molar-refractivity contribution >= 4 is 29.9 Å². The Bertz CT molecular complexity index is 342. The van der Waals surface area contributed by atoms with Crippen molar-refractivity contribution in [1.29, 1.82) is 0 Å². The lowest BCUT2D eigenvalue weighted by molar-refractivity contribution is 0.247. The molecule has 0 spiro atoms. The van der Waals surface area contributed by atoms with Crippen LogP contribution in [0.25, 0.3) is 0 Å². The highest BCUT2D eigenvalue weighted by Crippen LogP contribution is 2.26. The fourth-order valence-electron chi connectivity index (χ4n) is 2.89. The van der Waals surface area contributed by atoms with Gasteiger partial charge in [0.2, 0.25) is 0 Å². The van der Waals surface area contributed by atoms with Crippen LogP contribution in [0.15, 0.2) is 4.99 Å². The molecule has 0 aromatic carbocycles. The molecule has 0 heterocycles. The van der Waals surface area contributed by atoms with Crippen LogP contribution < -0.4 is 10.6 Å². The lowest BCUT2D eigenvalue weighted by Crippen LogP contribution is -2.47. The summed E-state index contributed by atoms with van der Waals surface area (Å²) in [6.45, 7) is 13.4. The van der Waals surface area contributed by atoms with Crippen molar-refractivity contribution in [2.24, 2.45) is 4.99 Å². The van der Waals surface area contributed by atoms with Crippen LogP contribution in [-0.4, -0.2) is 74.2 Å². The monoisotopic (exact) mass is 453 g/mol. The van der Waals surface area contributed by atoms with E-state index in [1.54, 1.807) is 0 Å². The van der Waals surface area contributed by atoms with Gasteiger partial charge in [0.05, 0.1) is 0 Å². The molecule has 0 saturated heterocycles. The summed E-state index contributed by atoms with van der Waals surface area (Å²) in [6, 6.07) is 1.80. The van der Waals surface area contributed by atoms with Crippen LogP contribution in [0.5, 0.6) is 0 Å². The van der Waals surface area contributed by atoms with Crippen LogP contribution in [0.2, 0.25) is 0 Å². The zero-order chi connectivity index (χ0) is 17.2. The molecule has 2 N–H and O–H groups in total. The first-order chi connectivity index (χ1) is 11.0. The Morgan fingerprint density at radius 2 is 1.83 bits per heavy atom. The van der Waals surface area contributed by atoms with Crippen molar-refractivity contribution < 1.29 is 0 Å². The molecule has 1 aliphatic carbocycles. The molecular weight excluding hydrogens is 413 g/mol. The normalized spacial score (nSPS) is 17.6. The predicted molar refractivity (Wildman–Crippen MR) is 117 cm³/mol. The fraction of sp³-hybridized carbons (Fsp3) is 0.944. The summed E-state index contributed by atoms with van der Waals surface area (Å²) in [7, 11) is 4.09. The average Bonchev–Trinajstić information content (AvgIpc) is 3.39. The molecule has 24 heavy (non-hydrogen) atoms. The Labute approximate surface area is 167 Å². The summed E-state index contributed by atoms with van der Waals surface area (Å²) in [5.41, 5.74) is 0. The van der Waals surface area contributed by atoms with Gasteiger partial charge in [0.15, 0.2) is 5.96 Å². The third-order valence-electron chi connectivity index (χ3n) is 5.00. The summed E-state index contributed by atoms with van der Waals surface area (Å²) >= 11 is 0. The Kier molecular flexibility index (Phi) is 13.1. The van der Waals surface area contributed by atoms with E-state index < -0.39 is 0 Å². The van der Waals surface area contributed by atoms with Crippen molar-refractivity contribution in [3.05, 3.63) is 0 Å². The standard InChI is InChI=1S/C18H39N5.HI/c1-7-23(8-2)13-9-10-15(3)21-18(19-5)20-14-16(4)22(6)17-11-12-17;/h15-17H,7-14H2,1-6H3,(H2,19,20,21);1H. The molecule has 0 aromatic rings. The molecule has 0 bridgehead atoms. The summed E-state index contributed by atoms with van der Waals surface area (Å²) in [6.07, 6.45) is 5.12. The second kappa shape index (κ2) is 13.2. The van der Waals surface area contributed by atoms with Gasteiger partial charge < -0.3 is 15.5 Å². The molecule has 144 valence electrons. The number of nitrogens with zero attached hydrogens (tertiary/aromatic N) is 3. The fourth-order valence-corrected chi connectivity index (χ4v) is 2.89. The molecule has 0 radical (unpaired) electrons. The highest BCUT2D eigenvalue weighted by molar-refractivity contribution is 14.0. The topological polar surface area (TPSA) is 42.9 Å². The number of hydrogen-bond donors (Lipinski definition) is 2. The van der Waals surface area contributed by atoms with Gasteiger partial charge in [-0.2, -0.15) is 0 Å². The number of aliphatic imine (C=N–C) groups is 1. The maximum absolute atomic E-state index is 4.36. The van der Waals surface area contributed by atoms with E-state index in [0.717, 1.165) is 31.6 Å². The van der Waals surface area contributed by atoms with Crippen molar-refractivity contribution in [1.82, 2.24) is 20.4 Å². The van der Waals surface area contributed by atoms with Gasteiger partial charge in [-0.25, -0.2) is 0 Å². The molecule has 0 amide bonds. The van der Waals surface area contributed by atoms with Crippen LogP contribution in [0.4, 0.5) is 0 Å². The van der Waals surface area contributed by atoms with Crippen LogP contribution in [0, 0.1) is 0 Å². The molecule has 2 atom stereocenters. The van der Waals surface area contributed by atoms with E-state index in [4.69, 9.17) is 0 Å². The van der Waals surface area contributed by atoms with E-state index in [9.17, 15) is 0 Å². The van der Waals surface area contributed by atoms with Gasteiger partial charge in [-0.3, -0.25) is 9.89 Å². The highest BCUT2D eigenvalue weighted by atomic mass is 127. The first-order valence-corrected chi connectivity index (χ1v) is 9.43. The summed E-state index contributed by atoms with van der Waals surface area (Å²) < 4.78 is 0. The van der Waals surface area contributed by atoms with Crippen LogP contribution in [0.3, 0.4) is 0 Å². The molecule has 6 heteroatoms. The molecule has 5 nitrogen and oxygen atoms in total. The molecule has 0 aromatic heterocycles. The average molecular weight is 453 g/mol. The smallest absolute Gasteiger partial charge is 0.191 e. The van der Waals surface area contributed by atoms with E-state index in [2.05, 4.69) is 60.2 Å². The quantitative estimate of drug-likeness (QED) is 0.287. The molecule has 1 aliphatic rings. The summed E-state index contributed by atoms with van der Waals surface area (Å²) in [5, 5.41) is 6.99. The van der Waals surface area contributed by atoms with E-state index in [1.807, 2.05) is 7.05 Å². The van der Waals surface area contributed by atoms with Gasteiger partial charge in [-0.1, -0.05) is 13.8 Å². The van der Waals surface area contributed by atoms with Crippen molar-refractivity contribution in [2.75, 3.05) is 40.3 Å².